The molecule has 1 atom stereocenters. The van der Waals surface area contributed by atoms with E-state index in [1.807, 2.05) is 13.8 Å². The van der Waals surface area contributed by atoms with Gasteiger partial charge in [0.1, 0.15) is 0 Å². The van der Waals surface area contributed by atoms with Gasteiger partial charge >= 0.3 is 0 Å². The first kappa shape index (κ1) is 15.8. The van der Waals surface area contributed by atoms with Crippen molar-refractivity contribution in [2.45, 2.75) is 31.9 Å². The SMILES string of the molecule is CC(C)CNS(=O)(=O)N1CCCC(S(N)(=O)=O)C1. The lowest BCUT2D eigenvalue weighted by molar-refractivity contribution is 0.340. The molecule has 0 aromatic carbocycles. The summed E-state index contributed by atoms with van der Waals surface area (Å²) in [6.45, 7) is 4.39. The molecule has 1 unspecified atom stereocenters. The number of piperidine rings is 1. The van der Waals surface area contributed by atoms with Crippen LogP contribution in [0.1, 0.15) is 26.7 Å². The Morgan fingerprint density at radius 1 is 1.33 bits per heavy atom. The van der Waals surface area contributed by atoms with Crippen LogP contribution in [0.15, 0.2) is 0 Å². The van der Waals surface area contributed by atoms with Crippen LogP contribution in [0.2, 0.25) is 0 Å². The van der Waals surface area contributed by atoms with Gasteiger partial charge in [-0.2, -0.15) is 12.7 Å². The van der Waals surface area contributed by atoms with Crippen LogP contribution >= 0.6 is 0 Å². The summed E-state index contributed by atoms with van der Waals surface area (Å²) in [6, 6.07) is 0. The summed E-state index contributed by atoms with van der Waals surface area (Å²) in [6.07, 6.45) is 0.915. The summed E-state index contributed by atoms with van der Waals surface area (Å²) in [5.41, 5.74) is 0. The van der Waals surface area contributed by atoms with Gasteiger partial charge in [-0.05, 0) is 18.8 Å². The van der Waals surface area contributed by atoms with Crippen LogP contribution in [-0.4, -0.2) is 46.0 Å². The number of hydrogen-bond acceptors (Lipinski definition) is 4. The van der Waals surface area contributed by atoms with Crippen LogP contribution in [0, 0.1) is 5.92 Å². The van der Waals surface area contributed by atoms with Gasteiger partial charge in [-0.15, -0.1) is 0 Å². The van der Waals surface area contributed by atoms with Crippen molar-refractivity contribution in [1.82, 2.24) is 9.03 Å². The molecule has 1 heterocycles. The lowest BCUT2D eigenvalue weighted by Crippen LogP contribution is -2.51. The summed E-state index contributed by atoms with van der Waals surface area (Å²) in [5.74, 6) is 0.193. The molecule has 1 fully saturated rings. The van der Waals surface area contributed by atoms with Crippen LogP contribution in [0.5, 0.6) is 0 Å². The Labute approximate surface area is 109 Å². The van der Waals surface area contributed by atoms with Crippen molar-refractivity contribution in [3.63, 3.8) is 0 Å². The summed E-state index contributed by atoms with van der Waals surface area (Å²) in [5, 5.41) is 4.26. The molecule has 0 spiro atoms. The number of rotatable bonds is 5. The summed E-state index contributed by atoms with van der Waals surface area (Å²) < 4.78 is 50.0. The van der Waals surface area contributed by atoms with Crippen molar-refractivity contribution >= 4 is 20.2 Å². The molecule has 9 heteroatoms. The minimum atomic E-state index is -3.68. The molecular formula is C9H21N3O4S2. The Bertz CT molecular complexity index is 472. The first-order chi connectivity index (χ1) is 8.13. The van der Waals surface area contributed by atoms with Gasteiger partial charge in [-0.25, -0.2) is 18.3 Å². The normalized spacial score (nSPS) is 23.4. The second-order valence-electron chi connectivity index (χ2n) is 4.96. The van der Waals surface area contributed by atoms with Crippen molar-refractivity contribution in [2.75, 3.05) is 19.6 Å². The van der Waals surface area contributed by atoms with E-state index in [1.54, 1.807) is 0 Å². The van der Waals surface area contributed by atoms with Gasteiger partial charge in [0.15, 0.2) is 0 Å². The number of sulfonamides is 1. The highest BCUT2D eigenvalue weighted by Crippen LogP contribution is 2.17. The molecule has 0 aliphatic carbocycles. The average molecular weight is 299 g/mol. The molecule has 0 aromatic heterocycles. The first-order valence-corrected chi connectivity index (χ1v) is 8.94. The van der Waals surface area contributed by atoms with E-state index < -0.39 is 25.5 Å². The van der Waals surface area contributed by atoms with Gasteiger partial charge < -0.3 is 0 Å². The molecule has 0 aromatic rings. The Morgan fingerprint density at radius 3 is 2.44 bits per heavy atom. The molecule has 0 radical (unpaired) electrons. The number of hydrogen-bond donors (Lipinski definition) is 2. The van der Waals surface area contributed by atoms with E-state index in [9.17, 15) is 16.8 Å². The molecule has 7 nitrogen and oxygen atoms in total. The van der Waals surface area contributed by atoms with Crippen LogP contribution in [-0.2, 0) is 20.2 Å². The fourth-order valence-corrected chi connectivity index (χ4v) is 4.20. The quantitative estimate of drug-likeness (QED) is 0.694. The second kappa shape index (κ2) is 5.83. The minimum Gasteiger partial charge on any atom is -0.228 e. The Balaban J connectivity index is 2.72. The number of nitrogens with zero attached hydrogens (tertiary/aromatic N) is 1. The third kappa shape index (κ3) is 4.47. The molecule has 18 heavy (non-hydrogen) atoms. The fourth-order valence-electron chi connectivity index (χ4n) is 1.75. The van der Waals surface area contributed by atoms with E-state index in [4.69, 9.17) is 5.14 Å². The highest BCUT2D eigenvalue weighted by Gasteiger charge is 2.33. The van der Waals surface area contributed by atoms with Crippen LogP contribution in [0.4, 0.5) is 0 Å². The largest absolute Gasteiger partial charge is 0.279 e. The van der Waals surface area contributed by atoms with Crippen LogP contribution < -0.4 is 9.86 Å². The monoisotopic (exact) mass is 299 g/mol. The molecule has 1 saturated heterocycles. The highest BCUT2D eigenvalue weighted by atomic mass is 32.2. The lowest BCUT2D eigenvalue weighted by atomic mass is 10.2. The molecule has 1 aliphatic heterocycles. The maximum absolute atomic E-state index is 11.9. The Kier molecular flexibility index (Phi) is 5.13. The van der Waals surface area contributed by atoms with Crippen LogP contribution in [0.3, 0.4) is 0 Å². The highest BCUT2D eigenvalue weighted by molar-refractivity contribution is 7.90. The van der Waals surface area contributed by atoms with Gasteiger partial charge in [0.05, 0.1) is 5.25 Å². The molecule has 0 bridgehead atoms. The number of nitrogens with one attached hydrogen (secondary N) is 1. The molecule has 108 valence electrons. The van der Waals surface area contributed by atoms with Crippen LogP contribution in [0.25, 0.3) is 0 Å². The van der Waals surface area contributed by atoms with E-state index in [-0.39, 0.29) is 12.5 Å². The van der Waals surface area contributed by atoms with Gasteiger partial charge in [0, 0.05) is 19.6 Å². The maximum Gasteiger partial charge on any atom is 0.279 e. The van der Waals surface area contributed by atoms with Crippen molar-refractivity contribution in [3.8, 4) is 0 Å². The molecule has 0 saturated carbocycles. The topological polar surface area (TPSA) is 110 Å². The van der Waals surface area contributed by atoms with Gasteiger partial charge in [0.2, 0.25) is 10.0 Å². The summed E-state index contributed by atoms with van der Waals surface area (Å²) in [4.78, 5) is 0. The van der Waals surface area contributed by atoms with Crippen molar-refractivity contribution in [2.24, 2.45) is 11.1 Å². The van der Waals surface area contributed by atoms with E-state index in [2.05, 4.69) is 4.72 Å². The first-order valence-electron chi connectivity index (χ1n) is 5.89. The van der Waals surface area contributed by atoms with Crippen molar-refractivity contribution in [1.29, 1.82) is 0 Å². The third-order valence-electron chi connectivity index (χ3n) is 2.82. The van der Waals surface area contributed by atoms with E-state index >= 15 is 0 Å². The Hall–Kier alpha value is -0.220. The zero-order valence-electron chi connectivity index (χ0n) is 10.7. The fraction of sp³-hybridized carbons (Fsp3) is 1.00. The van der Waals surface area contributed by atoms with E-state index in [0.29, 0.717) is 25.9 Å². The lowest BCUT2D eigenvalue weighted by Gasteiger charge is -2.30. The predicted molar refractivity (Wildman–Crippen MR) is 69.5 cm³/mol. The molecular weight excluding hydrogens is 278 g/mol. The number of nitrogens with two attached hydrogens (primary N) is 1. The van der Waals surface area contributed by atoms with Crippen molar-refractivity contribution in [3.05, 3.63) is 0 Å². The molecule has 0 amide bonds. The van der Waals surface area contributed by atoms with Gasteiger partial charge in [-0.3, -0.25) is 0 Å². The molecule has 1 aliphatic rings. The zero-order chi connectivity index (χ0) is 14.0. The summed E-state index contributed by atoms with van der Waals surface area (Å²) in [7, 11) is -7.29. The van der Waals surface area contributed by atoms with Gasteiger partial charge in [-0.1, -0.05) is 13.8 Å². The smallest absolute Gasteiger partial charge is 0.228 e. The maximum atomic E-state index is 11.9. The molecule has 3 N–H and O–H groups in total. The van der Waals surface area contributed by atoms with E-state index in [0.717, 1.165) is 4.31 Å². The van der Waals surface area contributed by atoms with Crippen molar-refractivity contribution < 1.29 is 16.8 Å². The van der Waals surface area contributed by atoms with Gasteiger partial charge in [0.25, 0.3) is 10.2 Å². The number of primary sulfonamides is 1. The second-order valence-corrected chi connectivity index (χ2v) is 8.56. The minimum absolute atomic E-state index is 0.0632. The molecule has 1 rings (SSSR count). The van der Waals surface area contributed by atoms with E-state index in [1.165, 1.54) is 0 Å². The standard InChI is InChI=1S/C9H21N3O4S2/c1-8(2)6-11-18(15,16)12-5-3-4-9(7-12)17(10,13)14/h8-9,11H,3-7H2,1-2H3,(H2,10,13,14). The average Bonchev–Trinajstić information content (AvgIpc) is 2.26. The Morgan fingerprint density at radius 2 is 1.94 bits per heavy atom. The predicted octanol–water partition coefficient (Wildman–Crippen LogP) is -0.770. The summed E-state index contributed by atoms with van der Waals surface area (Å²) >= 11 is 0. The third-order valence-corrected chi connectivity index (χ3v) is 5.68. The zero-order valence-corrected chi connectivity index (χ0v) is 12.3.